The zero-order valence-corrected chi connectivity index (χ0v) is 5.82. The van der Waals surface area contributed by atoms with Crippen LogP contribution < -0.4 is 0 Å². The Morgan fingerprint density at radius 2 is 2.00 bits per heavy atom. The topological polar surface area (TPSA) is 0 Å². The SMILES string of the molecule is CC[C@H](C)I. The molecule has 0 rings (SSSR count). The molecule has 32 valence electrons. The van der Waals surface area contributed by atoms with E-state index in [0.717, 1.165) is 3.92 Å². The number of rotatable bonds is 1. The van der Waals surface area contributed by atoms with Crippen LogP contribution in [0.1, 0.15) is 20.3 Å². The fraction of sp³-hybridized carbons (Fsp3) is 1.00. The summed E-state index contributed by atoms with van der Waals surface area (Å²) in [6, 6.07) is 0. The van der Waals surface area contributed by atoms with E-state index in [1.54, 1.807) is 0 Å². The maximum atomic E-state index is 2.41. The summed E-state index contributed by atoms with van der Waals surface area (Å²) in [5.74, 6) is 0. The Morgan fingerprint density at radius 3 is 2.00 bits per heavy atom. The third-order valence-electron chi connectivity index (χ3n) is 0.563. The molecule has 0 aliphatic heterocycles. The quantitative estimate of drug-likeness (QED) is 0.433. The number of hydrogen-bond donors (Lipinski definition) is 0. The summed E-state index contributed by atoms with van der Waals surface area (Å²) in [7, 11) is 0. The van der Waals surface area contributed by atoms with Crippen LogP contribution in [0.15, 0.2) is 0 Å². The molecule has 0 spiro atoms. The van der Waals surface area contributed by atoms with Crippen molar-refractivity contribution in [2.24, 2.45) is 0 Å². The molecule has 1 atom stereocenters. The van der Waals surface area contributed by atoms with E-state index in [9.17, 15) is 0 Å². The summed E-state index contributed by atoms with van der Waals surface area (Å²) < 4.78 is 0.854. The van der Waals surface area contributed by atoms with Gasteiger partial charge in [0, 0.05) is 3.92 Å². The maximum absolute atomic E-state index is 2.41. The molecular weight excluding hydrogens is 175 g/mol. The van der Waals surface area contributed by atoms with Crippen molar-refractivity contribution in [3.63, 3.8) is 0 Å². The van der Waals surface area contributed by atoms with Gasteiger partial charge in [0.15, 0.2) is 0 Å². The van der Waals surface area contributed by atoms with Crippen LogP contribution in [0.3, 0.4) is 0 Å². The summed E-state index contributed by atoms with van der Waals surface area (Å²) in [6.45, 7) is 4.40. The van der Waals surface area contributed by atoms with Crippen LogP contribution in [-0.4, -0.2) is 3.92 Å². The van der Waals surface area contributed by atoms with E-state index in [2.05, 4.69) is 36.4 Å². The number of alkyl halides is 1. The predicted octanol–water partition coefficient (Wildman–Crippen LogP) is 2.22. The Labute approximate surface area is 47.1 Å². The molecular formula is C4H9I. The van der Waals surface area contributed by atoms with Gasteiger partial charge in [-0.05, 0) is 6.42 Å². The van der Waals surface area contributed by atoms with Crippen molar-refractivity contribution < 1.29 is 0 Å². The van der Waals surface area contributed by atoms with Gasteiger partial charge in [-0.2, -0.15) is 0 Å². The molecule has 0 N–H and O–H groups in total. The number of halogens is 1. The van der Waals surface area contributed by atoms with E-state index in [1.807, 2.05) is 0 Å². The molecule has 5 heavy (non-hydrogen) atoms. The average molecular weight is 184 g/mol. The van der Waals surface area contributed by atoms with Crippen molar-refractivity contribution in [2.45, 2.75) is 24.2 Å². The van der Waals surface area contributed by atoms with E-state index in [-0.39, 0.29) is 0 Å². The largest absolute Gasteiger partial charge is 0.0829 e. The molecule has 0 aromatic heterocycles. The Bertz CT molecular complexity index is 17.6. The van der Waals surface area contributed by atoms with Crippen LogP contribution in [0.4, 0.5) is 0 Å². The standard InChI is InChI=1S/C4H9I/c1-3-4(2)5/h4H,3H2,1-2H3/t4-/m0/s1. The van der Waals surface area contributed by atoms with Crippen molar-refractivity contribution in [2.75, 3.05) is 0 Å². The Morgan fingerprint density at radius 1 is 1.80 bits per heavy atom. The van der Waals surface area contributed by atoms with Gasteiger partial charge in [-0.15, -0.1) is 0 Å². The second-order valence-electron chi connectivity index (χ2n) is 1.19. The first-order valence-electron chi connectivity index (χ1n) is 1.91. The molecule has 0 aromatic carbocycles. The maximum Gasteiger partial charge on any atom is 0.00787 e. The highest BCUT2D eigenvalue weighted by Gasteiger charge is 1.82. The zero-order chi connectivity index (χ0) is 4.28. The summed E-state index contributed by atoms with van der Waals surface area (Å²) in [4.78, 5) is 0. The third-order valence-corrected chi connectivity index (χ3v) is 1.44. The van der Waals surface area contributed by atoms with Gasteiger partial charge in [-0.1, -0.05) is 36.4 Å². The van der Waals surface area contributed by atoms with Gasteiger partial charge in [0.2, 0.25) is 0 Å². The van der Waals surface area contributed by atoms with Crippen LogP contribution in [0.25, 0.3) is 0 Å². The van der Waals surface area contributed by atoms with Crippen LogP contribution in [0, 0.1) is 0 Å². The van der Waals surface area contributed by atoms with Crippen LogP contribution in [0.2, 0.25) is 0 Å². The molecule has 0 amide bonds. The fourth-order valence-electron chi connectivity index (χ4n) is 0. The predicted molar refractivity (Wildman–Crippen MR) is 33.8 cm³/mol. The molecule has 0 bridgehead atoms. The molecule has 0 aliphatic rings. The highest BCUT2D eigenvalue weighted by molar-refractivity contribution is 14.1. The Hall–Kier alpha value is 0.730. The molecule has 0 aliphatic carbocycles. The normalized spacial score (nSPS) is 15.0. The minimum atomic E-state index is 0.854. The molecule has 1 heteroatoms. The molecule has 0 saturated carbocycles. The van der Waals surface area contributed by atoms with Crippen LogP contribution in [0.5, 0.6) is 0 Å². The lowest BCUT2D eigenvalue weighted by atomic mass is 10.4. The first-order valence-corrected chi connectivity index (χ1v) is 3.16. The number of hydrogen-bond acceptors (Lipinski definition) is 0. The van der Waals surface area contributed by atoms with Crippen molar-refractivity contribution in [1.29, 1.82) is 0 Å². The smallest absolute Gasteiger partial charge is 0.00787 e. The van der Waals surface area contributed by atoms with E-state index in [4.69, 9.17) is 0 Å². The Balaban J connectivity index is 2.54. The van der Waals surface area contributed by atoms with E-state index >= 15 is 0 Å². The van der Waals surface area contributed by atoms with Crippen LogP contribution >= 0.6 is 22.6 Å². The first-order chi connectivity index (χ1) is 2.27. The molecule has 0 unspecified atom stereocenters. The van der Waals surface area contributed by atoms with Crippen molar-refractivity contribution in [3.8, 4) is 0 Å². The lowest BCUT2D eigenvalue weighted by Gasteiger charge is -1.88. The van der Waals surface area contributed by atoms with E-state index < -0.39 is 0 Å². The molecule has 0 heterocycles. The minimum absolute atomic E-state index is 0.854. The Kier molecular flexibility index (Phi) is 3.37. The summed E-state index contributed by atoms with van der Waals surface area (Å²) in [6.07, 6.45) is 1.29. The van der Waals surface area contributed by atoms with Gasteiger partial charge in [-0.25, -0.2) is 0 Å². The fourth-order valence-corrected chi connectivity index (χ4v) is 0. The zero-order valence-electron chi connectivity index (χ0n) is 3.66. The molecule has 0 radical (unpaired) electrons. The summed E-state index contributed by atoms with van der Waals surface area (Å²) in [5, 5.41) is 0. The minimum Gasteiger partial charge on any atom is -0.0829 e. The van der Waals surface area contributed by atoms with Gasteiger partial charge >= 0.3 is 0 Å². The highest BCUT2D eigenvalue weighted by atomic mass is 127. The molecule has 0 fully saturated rings. The average Bonchev–Trinajstić information content (AvgIpc) is 1.38. The second kappa shape index (κ2) is 2.94. The van der Waals surface area contributed by atoms with E-state index in [0.29, 0.717) is 0 Å². The monoisotopic (exact) mass is 184 g/mol. The molecule has 0 nitrogen and oxygen atoms in total. The highest BCUT2D eigenvalue weighted by Crippen LogP contribution is 2.00. The third kappa shape index (κ3) is 4.73. The first kappa shape index (κ1) is 5.73. The second-order valence-corrected chi connectivity index (χ2v) is 3.32. The van der Waals surface area contributed by atoms with Gasteiger partial charge in [0.1, 0.15) is 0 Å². The lowest BCUT2D eigenvalue weighted by molar-refractivity contribution is 0.938. The van der Waals surface area contributed by atoms with Crippen molar-refractivity contribution in [3.05, 3.63) is 0 Å². The van der Waals surface area contributed by atoms with Crippen molar-refractivity contribution in [1.82, 2.24) is 0 Å². The summed E-state index contributed by atoms with van der Waals surface area (Å²) >= 11 is 2.41. The van der Waals surface area contributed by atoms with Gasteiger partial charge in [0.05, 0.1) is 0 Å². The summed E-state index contributed by atoms with van der Waals surface area (Å²) in [5.41, 5.74) is 0. The van der Waals surface area contributed by atoms with Gasteiger partial charge < -0.3 is 0 Å². The van der Waals surface area contributed by atoms with Gasteiger partial charge in [0.25, 0.3) is 0 Å². The van der Waals surface area contributed by atoms with Crippen molar-refractivity contribution >= 4 is 22.6 Å². The van der Waals surface area contributed by atoms with E-state index in [1.165, 1.54) is 6.42 Å². The molecule has 0 aromatic rings. The van der Waals surface area contributed by atoms with Crippen LogP contribution in [-0.2, 0) is 0 Å². The molecule has 0 saturated heterocycles. The van der Waals surface area contributed by atoms with Gasteiger partial charge in [-0.3, -0.25) is 0 Å². The lowest BCUT2D eigenvalue weighted by Crippen LogP contribution is -1.79.